The van der Waals surface area contributed by atoms with Crippen molar-refractivity contribution in [2.45, 2.75) is 45.1 Å². The number of carbonyl (C=O) groups excluding carboxylic acids is 1. The van der Waals surface area contributed by atoms with Gasteiger partial charge in [0.1, 0.15) is 0 Å². The summed E-state index contributed by atoms with van der Waals surface area (Å²) in [6.07, 6.45) is 4.25. The van der Waals surface area contributed by atoms with Gasteiger partial charge in [-0.15, -0.1) is 15.3 Å². The molecule has 1 aliphatic rings. The molecule has 2 aromatic rings. The first-order chi connectivity index (χ1) is 12.2. The Balaban J connectivity index is 1.45. The van der Waals surface area contributed by atoms with Crippen LogP contribution in [0.4, 0.5) is 0 Å². The zero-order valence-corrected chi connectivity index (χ0v) is 14.9. The second-order valence-corrected chi connectivity index (χ2v) is 6.34. The maximum absolute atomic E-state index is 12.1. The predicted molar refractivity (Wildman–Crippen MR) is 93.6 cm³/mol. The Labute approximate surface area is 147 Å². The number of fused-ring (bicyclic) bond motifs is 1. The number of nitrogens with one attached hydrogen (secondary N) is 1. The molecule has 8 nitrogen and oxygen atoms in total. The van der Waals surface area contributed by atoms with Crippen LogP contribution in [-0.2, 0) is 11.2 Å². The van der Waals surface area contributed by atoms with Gasteiger partial charge in [-0.25, -0.2) is 0 Å². The van der Waals surface area contributed by atoms with Crippen LogP contribution in [0, 0.1) is 0 Å². The number of hydrogen-bond donors (Lipinski definition) is 1. The van der Waals surface area contributed by atoms with Crippen LogP contribution in [0.3, 0.4) is 0 Å². The zero-order valence-electron chi connectivity index (χ0n) is 14.9. The summed E-state index contributed by atoms with van der Waals surface area (Å²) in [5.41, 5.74) is 0.682. The van der Waals surface area contributed by atoms with Gasteiger partial charge in [0.15, 0.2) is 11.5 Å². The lowest BCUT2D eigenvalue weighted by molar-refractivity contribution is -0.121. The van der Waals surface area contributed by atoms with Crippen LogP contribution >= 0.6 is 0 Å². The molecule has 1 unspecified atom stereocenters. The fourth-order valence-electron chi connectivity index (χ4n) is 3.35. The largest absolute Gasteiger partial charge is 0.480 e. The molecule has 1 atom stereocenters. The quantitative estimate of drug-likeness (QED) is 0.769. The maximum atomic E-state index is 12.1. The Hall–Kier alpha value is -2.22. The third-order valence-corrected chi connectivity index (χ3v) is 4.76. The van der Waals surface area contributed by atoms with Crippen LogP contribution in [0.2, 0.25) is 0 Å². The molecule has 3 rings (SSSR count). The van der Waals surface area contributed by atoms with Crippen LogP contribution in [-0.4, -0.2) is 63.4 Å². The van der Waals surface area contributed by atoms with E-state index in [0.717, 1.165) is 25.5 Å². The van der Waals surface area contributed by atoms with E-state index in [1.165, 1.54) is 12.8 Å². The van der Waals surface area contributed by atoms with Crippen molar-refractivity contribution in [3.63, 3.8) is 0 Å². The lowest BCUT2D eigenvalue weighted by atomic mass is 10.2. The fourth-order valence-corrected chi connectivity index (χ4v) is 3.35. The topological polar surface area (TPSA) is 84.7 Å². The number of likely N-dealkylation sites (N-methyl/N-ethyl adjacent to an activating group) is 1. The van der Waals surface area contributed by atoms with Crippen molar-refractivity contribution in [2.24, 2.45) is 0 Å². The second-order valence-electron chi connectivity index (χ2n) is 6.34. The first kappa shape index (κ1) is 17.6. The van der Waals surface area contributed by atoms with Gasteiger partial charge in [-0.05, 0) is 38.4 Å². The van der Waals surface area contributed by atoms with Gasteiger partial charge in [-0.1, -0.05) is 6.92 Å². The zero-order chi connectivity index (χ0) is 17.6. The Kier molecular flexibility index (Phi) is 5.80. The van der Waals surface area contributed by atoms with E-state index in [4.69, 9.17) is 4.74 Å². The molecule has 0 saturated carbocycles. The molecular weight excluding hydrogens is 320 g/mol. The number of carbonyl (C=O) groups is 1. The molecule has 25 heavy (non-hydrogen) atoms. The van der Waals surface area contributed by atoms with Gasteiger partial charge in [0.2, 0.25) is 11.8 Å². The van der Waals surface area contributed by atoms with Crippen LogP contribution < -0.4 is 10.1 Å². The van der Waals surface area contributed by atoms with Crippen LogP contribution in [0.25, 0.3) is 5.65 Å². The van der Waals surface area contributed by atoms with E-state index >= 15 is 0 Å². The van der Waals surface area contributed by atoms with Crippen molar-refractivity contribution in [1.29, 1.82) is 0 Å². The van der Waals surface area contributed by atoms with Gasteiger partial charge in [0.25, 0.3) is 0 Å². The number of methoxy groups -OCH3 is 1. The highest BCUT2D eigenvalue weighted by molar-refractivity contribution is 5.75. The summed E-state index contributed by atoms with van der Waals surface area (Å²) < 4.78 is 6.81. The van der Waals surface area contributed by atoms with E-state index in [-0.39, 0.29) is 5.91 Å². The van der Waals surface area contributed by atoms with Crippen LogP contribution in [0.5, 0.6) is 5.88 Å². The van der Waals surface area contributed by atoms with E-state index in [2.05, 4.69) is 32.4 Å². The average molecular weight is 346 g/mol. The van der Waals surface area contributed by atoms with Gasteiger partial charge < -0.3 is 10.1 Å². The minimum atomic E-state index is 0.0994. The molecule has 136 valence electrons. The number of rotatable bonds is 8. The van der Waals surface area contributed by atoms with Crippen molar-refractivity contribution in [1.82, 2.24) is 30.0 Å². The van der Waals surface area contributed by atoms with E-state index < -0.39 is 0 Å². The molecule has 1 aliphatic heterocycles. The number of hydrogen-bond acceptors (Lipinski definition) is 6. The molecule has 1 amide bonds. The Bertz CT molecular complexity index is 716. The third kappa shape index (κ3) is 4.25. The van der Waals surface area contributed by atoms with Crippen LogP contribution in [0.15, 0.2) is 12.1 Å². The van der Waals surface area contributed by atoms with Crippen molar-refractivity contribution < 1.29 is 9.53 Å². The first-order valence-electron chi connectivity index (χ1n) is 8.97. The molecule has 0 radical (unpaired) electrons. The van der Waals surface area contributed by atoms with Crippen molar-refractivity contribution in [2.75, 3.05) is 26.7 Å². The average Bonchev–Trinajstić information content (AvgIpc) is 3.26. The molecular formula is C17H26N6O2. The minimum Gasteiger partial charge on any atom is -0.480 e. The highest BCUT2D eigenvalue weighted by Crippen LogP contribution is 2.15. The summed E-state index contributed by atoms with van der Waals surface area (Å²) >= 11 is 0. The molecule has 1 saturated heterocycles. The summed E-state index contributed by atoms with van der Waals surface area (Å²) in [4.78, 5) is 14.5. The van der Waals surface area contributed by atoms with E-state index in [1.54, 1.807) is 17.7 Å². The summed E-state index contributed by atoms with van der Waals surface area (Å²) in [6, 6.07) is 4.06. The van der Waals surface area contributed by atoms with Gasteiger partial charge >= 0.3 is 0 Å². The number of amides is 1. The summed E-state index contributed by atoms with van der Waals surface area (Å²) in [5.74, 6) is 1.36. The molecule has 8 heteroatoms. The van der Waals surface area contributed by atoms with Crippen LogP contribution in [0.1, 0.15) is 38.4 Å². The monoisotopic (exact) mass is 346 g/mol. The van der Waals surface area contributed by atoms with Gasteiger partial charge in [0.05, 0.1) is 7.11 Å². The van der Waals surface area contributed by atoms with E-state index in [9.17, 15) is 4.79 Å². The molecule has 3 heterocycles. The fraction of sp³-hybridized carbons (Fsp3) is 0.647. The summed E-state index contributed by atoms with van der Waals surface area (Å²) in [7, 11) is 1.58. The number of ether oxygens (including phenoxy) is 1. The summed E-state index contributed by atoms with van der Waals surface area (Å²) in [6.45, 7) is 5.12. The molecule has 0 spiro atoms. The first-order valence-corrected chi connectivity index (χ1v) is 8.97. The highest BCUT2D eigenvalue weighted by Gasteiger charge is 2.23. The number of nitrogens with zero attached hydrogens (tertiary/aromatic N) is 5. The van der Waals surface area contributed by atoms with E-state index in [1.807, 2.05) is 6.07 Å². The Morgan fingerprint density at radius 1 is 1.40 bits per heavy atom. The molecule has 0 aromatic carbocycles. The number of aromatic nitrogens is 4. The molecule has 0 aliphatic carbocycles. The second kappa shape index (κ2) is 8.24. The minimum absolute atomic E-state index is 0.0994. The SMILES string of the molecule is CCN1CCCC1CNC(=O)CCCc1nnc2ccc(OC)nn12. The molecule has 0 bridgehead atoms. The third-order valence-electron chi connectivity index (χ3n) is 4.76. The van der Waals surface area contributed by atoms with Gasteiger partial charge in [0, 0.05) is 31.5 Å². The molecule has 2 aromatic heterocycles. The number of likely N-dealkylation sites (tertiary alicyclic amines) is 1. The summed E-state index contributed by atoms with van der Waals surface area (Å²) in [5, 5.41) is 15.6. The van der Waals surface area contributed by atoms with Gasteiger partial charge in [-0.3, -0.25) is 9.69 Å². The standard InChI is InChI=1S/C17H26N6O2/c1-3-22-11-5-6-13(22)12-18-16(24)8-4-7-14-19-20-15-9-10-17(25-2)21-23(14)15/h9-10,13H,3-8,11-12H2,1-2H3,(H,18,24). The molecule has 1 N–H and O–H groups in total. The van der Waals surface area contributed by atoms with E-state index in [0.29, 0.717) is 36.8 Å². The van der Waals surface area contributed by atoms with Gasteiger partial charge in [-0.2, -0.15) is 4.52 Å². The lowest BCUT2D eigenvalue weighted by Crippen LogP contribution is -2.39. The van der Waals surface area contributed by atoms with Crippen molar-refractivity contribution in [3.05, 3.63) is 18.0 Å². The maximum Gasteiger partial charge on any atom is 0.231 e. The van der Waals surface area contributed by atoms with Crippen molar-refractivity contribution >= 4 is 11.6 Å². The Morgan fingerprint density at radius 2 is 2.28 bits per heavy atom. The normalized spacial score (nSPS) is 17.9. The highest BCUT2D eigenvalue weighted by atomic mass is 16.5. The predicted octanol–water partition coefficient (Wildman–Crippen LogP) is 1.06. The Morgan fingerprint density at radius 3 is 3.08 bits per heavy atom. The number of aryl methyl sites for hydroxylation is 1. The lowest BCUT2D eigenvalue weighted by Gasteiger charge is -2.22. The smallest absolute Gasteiger partial charge is 0.231 e. The molecule has 1 fully saturated rings. The van der Waals surface area contributed by atoms with Crippen molar-refractivity contribution in [3.8, 4) is 5.88 Å².